The minimum absolute atomic E-state index is 0.0865. The predicted octanol–water partition coefficient (Wildman–Crippen LogP) is 5.22. The van der Waals surface area contributed by atoms with Crippen LogP contribution in [0.15, 0.2) is 31.0 Å². The Hall–Kier alpha value is -4.00. The van der Waals surface area contributed by atoms with E-state index in [9.17, 15) is 18.4 Å². The summed E-state index contributed by atoms with van der Waals surface area (Å²) >= 11 is 0. The number of hydrogen-bond acceptors (Lipinski definition) is 8. The number of alkyl halides is 2. The maximum absolute atomic E-state index is 14.0. The largest absolute Gasteiger partial charge is 0.494 e. The molecule has 3 amide bonds. The van der Waals surface area contributed by atoms with Crippen LogP contribution >= 0.6 is 0 Å². The number of carbonyl (C=O) groups is 2. The zero-order valence-corrected chi connectivity index (χ0v) is 26.1. The first-order chi connectivity index (χ1) is 20.9. The van der Waals surface area contributed by atoms with Crippen molar-refractivity contribution in [3.8, 4) is 5.75 Å². The summed E-state index contributed by atoms with van der Waals surface area (Å²) in [4.78, 5) is 43.1. The van der Waals surface area contributed by atoms with E-state index in [2.05, 4.69) is 46.1 Å². The number of amides is 3. The number of hydrogen-bond donors (Lipinski definition) is 2. The van der Waals surface area contributed by atoms with Gasteiger partial charge in [0.25, 0.3) is 0 Å². The highest BCUT2D eigenvalue weighted by molar-refractivity contribution is 6.02. The van der Waals surface area contributed by atoms with E-state index in [1.165, 1.54) is 6.08 Å². The molecule has 13 heteroatoms. The summed E-state index contributed by atoms with van der Waals surface area (Å²) in [6, 6.07) is 3.29. The van der Waals surface area contributed by atoms with Gasteiger partial charge < -0.3 is 30.1 Å². The van der Waals surface area contributed by atoms with Gasteiger partial charge in [0, 0.05) is 61.9 Å². The molecule has 2 N–H and O–H groups in total. The lowest BCUT2D eigenvalue weighted by atomic mass is 9.90. The second kappa shape index (κ2) is 12.5. The number of methoxy groups -OCH3 is 1. The lowest BCUT2D eigenvalue weighted by molar-refractivity contribution is -0.111. The molecule has 0 unspecified atom stereocenters. The van der Waals surface area contributed by atoms with Gasteiger partial charge in [-0.2, -0.15) is 4.98 Å². The van der Waals surface area contributed by atoms with Crippen molar-refractivity contribution in [1.29, 1.82) is 0 Å². The topological polar surface area (TPSA) is 106 Å². The molecule has 1 aliphatic carbocycles. The summed E-state index contributed by atoms with van der Waals surface area (Å²) in [6.07, 6.45) is 3.69. The first-order valence-electron chi connectivity index (χ1n) is 15.1. The van der Waals surface area contributed by atoms with Gasteiger partial charge in [0.1, 0.15) is 11.6 Å². The van der Waals surface area contributed by atoms with Crippen LogP contribution in [0.2, 0.25) is 0 Å². The summed E-state index contributed by atoms with van der Waals surface area (Å²) in [5.74, 6) is -1.93. The van der Waals surface area contributed by atoms with E-state index in [0.717, 1.165) is 30.8 Å². The predicted molar refractivity (Wildman–Crippen MR) is 167 cm³/mol. The number of aromatic nitrogens is 2. The van der Waals surface area contributed by atoms with E-state index >= 15 is 0 Å². The van der Waals surface area contributed by atoms with Crippen LogP contribution in [0.1, 0.15) is 51.5 Å². The number of benzene rings is 1. The molecule has 11 nitrogen and oxygen atoms in total. The summed E-state index contributed by atoms with van der Waals surface area (Å²) in [6.45, 7) is 9.37. The molecule has 3 heterocycles. The van der Waals surface area contributed by atoms with Gasteiger partial charge in [0.05, 0.1) is 30.7 Å². The van der Waals surface area contributed by atoms with Gasteiger partial charge in [-0.15, -0.1) is 0 Å². The van der Waals surface area contributed by atoms with E-state index in [-0.39, 0.29) is 49.6 Å². The normalized spacial score (nSPS) is 20.2. The molecule has 5 rings (SSSR count). The van der Waals surface area contributed by atoms with Gasteiger partial charge in [0.15, 0.2) is 0 Å². The fraction of sp³-hybridized carbons (Fsp3) is 0.548. The highest BCUT2D eigenvalue weighted by Crippen LogP contribution is 2.42. The molecule has 1 saturated carbocycles. The molecule has 2 fully saturated rings. The fourth-order valence-corrected chi connectivity index (χ4v) is 6.16. The van der Waals surface area contributed by atoms with E-state index in [1.54, 1.807) is 29.2 Å². The number of carbonyl (C=O) groups excluding carboxylic acids is 2. The Morgan fingerprint density at radius 3 is 2.55 bits per heavy atom. The van der Waals surface area contributed by atoms with Gasteiger partial charge in [-0.1, -0.05) is 6.58 Å². The molecular weight excluding hydrogens is 570 g/mol. The third-order valence-electron chi connectivity index (χ3n) is 8.78. The molecule has 2 aliphatic heterocycles. The number of urea groups is 1. The first-order valence-corrected chi connectivity index (χ1v) is 15.1. The minimum atomic E-state index is -2.72. The van der Waals surface area contributed by atoms with Crippen LogP contribution < -0.4 is 25.2 Å². The molecular formula is C31H42F2N8O3. The van der Waals surface area contributed by atoms with Gasteiger partial charge in [-0.3, -0.25) is 9.69 Å². The lowest BCUT2D eigenvalue weighted by Crippen LogP contribution is -2.55. The number of halogens is 2. The van der Waals surface area contributed by atoms with E-state index in [4.69, 9.17) is 9.72 Å². The molecule has 0 spiro atoms. The minimum Gasteiger partial charge on any atom is -0.494 e. The van der Waals surface area contributed by atoms with Crippen molar-refractivity contribution in [3.05, 3.63) is 36.5 Å². The highest BCUT2D eigenvalue weighted by atomic mass is 19.3. The number of nitrogens with zero attached hydrogens (tertiary/aromatic N) is 6. The second-order valence-electron chi connectivity index (χ2n) is 12.2. The van der Waals surface area contributed by atoms with Crippen LogP contribution in [0.25, 0.3) is 0 Å². The molecule has 1 aromatic carbocycles. The SMILES string of the molecule is C=CC(=O)Nc1cc(Nc2ncc3c(n2)N(C2CCC(F)(F)CC2)C(=O)N(C(C)C)C3)c(OC)cc1N1CC[C@@H](N(C)C)C1. The van der Waals surface area contributed by atoms with Crippen LogP contribution in [0, 0.1) is 0 Å². The van der Waals surface area contributed by atoms with Crippen LogP contribution in [0.5, 0.6) is 5.75 Å². The number of likely N-dealkylation sites (N-methyl/N-ethyl adjacent to an activating group) is 1. The molecule has 44 heavy (non-hydrogen) atoms. The smallest absolute Gasteiger partial charge is 0.326 e. The average Bonchev–Trinajstić information content (AvgIpc) is 3.48. The van der Waals surface area contributed by atoms with Crippen molar-refractivity contribution in [2.45, 2.75) is 76.5 Å². The Morgan fingerprint density at radius 2 is 1.93 bits per heavy atom. The Balaban J connectivity index is 1.49. The summed E-state index contributed by atoms with van der Waals surface area (Å²) in [5.41, 5.74) is 2.64. The lowest BCUT2D eigenvalue weighted by Gasteiger charge is -2.43. The van der Waals surface area contributed by atoms with Crippen molar-refractivity contribution in [1.82, 2.24) is 19.8 Å². The van der Waals surface area contributed by atoms with E-state index in [1.807, 2.05) is 19.9 Å². The molecule has 0 bridgehead atoms. The van der Waals surface area contributed by atoms with Gasteiger partial charge in [0.2, 0.25) is 17.8 Å². The number of ether oxygens (including phenoxy) is 1. The molecule has 2 aromatic rings. The monoisotopic (exact) mass is 612 g/mol. The number of anilines is 5. The maximum atomic E-state index is 14.0. The van der Waals surface area contributed by atoms with Crippen LogP contribution in [-0.2, 0) is 11.3 Å². The van der Waals surface area contributed by atoms with E-state index in [0.29, 0.717) is 35.5 Å². The summed E-state index contributed by atoms with van der Waals surface area (Å²) in [7, 11) is 5.67. The van der Waals surface area contributed by atoms with Gasteiger partial charge in [-0.25, -0.2) is 18.6 Å². The molecule has 1 saturated heterocycles. The second-order valence-corrected chi connectivity index (χ2v) is 12.2. The summed E-state index contributed by atoms with van der Waals surface area (Å²) < 4.78 is 33.8. The molecule has 3 aliphatic rings. The molecule has 1 atom stereocenters. The summed E-state index contributed by atoms with van der Waals surface area (Å²) in [5, 5.41) is 6.13. The zero-order valence-electron chi connectivity index (χ0n) is 26.1. The third kappa shape index (κ3) is 6.42. The van der Waals surface area contributed by atoms with Gasteiger partial charge in [-0.05, 0) is 59.3 Å². The van der Waals surface area contributed by atoms with Crippen molar-refractivity contribution >= 4 is 40.8 Å². The van der Waals surface area contributed by atoms with Crippen LogP contribution in [-0.4, -0.2) is 90.0 Å². The molecule has 238 valence electrons. The van der Waals surface area contributed by atoms with Gasteiger partial charge >= 0.3 is 6.03 Å². The molecule has 0 radical (unpaired) electrons. The van der Waals surface area contributed by atoms with Crippen molar-refractivity contribution in [2.75, 3.05) is 54.7 Å². The van der Waals surface area contributed by atoms with Crippen LogP contribution in [0.4, 0.5) is 42.4 Å². The highest BCUT2D eigenvalue weighted by Gasteiger charge is 2.43. The number of nitrogens with one attached hydrogen (secondary N) is 2. The van der Waals surface area contributed by atoms with Crippen molar-refractivity contribution < 1.29 is 23.1 Å². The van der Waals surface area contributed by atoms with Crippen molar-refractivity contribution in [3.63, 3.8) is 0 Å². The quantitative estimate of drug-likeness (QED) is 0.372. The maximum Gasteiger partial charge on any atom is 0.326 e. The first kappa shape index (κ1) is 31.4. The number of fused-ring (bicyclic) bond motifs is 1. The fourth-order valence-electron chi connectivity index (χ4n) is 6.16. The average molecular weight is 613 g/mol. The Kier molecular flexibility index (Phi) is 8.96. The zero-order chi connectivity index (χ0) is 31.8. The Bertz CT molecular complexity index is 1410. The molecule has 1 aromatic heterocycles. The van der Waals surface area contributed by atoms with Crippen LogP contribution in [0.3, 0.4) is 0 Å². The number of rotatable bonds is 9. The van der Waals surface area contributed by atoms with E-state index < -0.39 is 12.0 Å². The Morgan fingerprint density at radius 1 is 1.20 bits per heavy atom. The van der Waals surface area contributed by atoms with Crippen molar-refractivity contribution in [2.24, 2.45) is 0 Å². The Labute approximate surface area is 257 Å². The standard InChI is InChI=1S/C31H42F2N8O3/c1-7-27(42)35-23-14-24(26(44-6)15-25(23)39-13-10-22(18-39)38(4)5)36-29-34-16-20-17-40(19(2)3)30(43)41(28(20)37-29)21-8-11-31(32,33)12-9-21/h7,14-16,19,21-22H,1,8-13,17-18H2,2-6H3,(H,35,42)(H,34,36,37)/t22-/m1/s1. The third-order valence-corrected chi connectivity index (χ3v) is 8.78.